The number of halogens is 2. The second-order valence-electron chi connectivity index (χ2n) is 8.24. The van der Waals surface area contributed by atoms with Crippen LogP contribution in [0.5, 0.6) is 5.88 Å². The molecule has 0 radical (unpaired) electrons. The number of pyridine rings is 1. The molecule has 8 heteroatoms. The molecule has 2 aliphatic heterocycles. The summed E-state index contributed by atoms with van der Waals surface area (Å²) in [4.78, 5) is 28.0. The number of carbonyl (C=O) groups excluding carboxylic acids is 1. The van der Waals surface area contributed by atoms with E-state index in [2.05, 4.69) is 15.0 Å². The number of amides is 1. The number of hydrogen-bond donors (Lipinski definition) is 0. The molecule has 2 fully saturated rings. The summed E-state index contributed by atoms with van der Waals surface area (Å²) in [6, 6.07) is 8.77. The largest absolute Gasteiger partial charge is 0.477 e. The summed E-state index contributed by atoms with van der Waals surface area (Å²) in [6.07, 6.45) is 7.89. The van der Waals surface area contributed by atoms with Crippen LogP contribution < -0.4 is 4.74 Å². The fourth-order valence-corrected chi connectivity index (χ4v) is 4.87. The van der Waals surface area contributed by atoms with Crippen LogP contribution in [0.25, 0.3) is 11.4 Å². The van der Waals surface area contributed by atoms with E-state index in [1.54, 1.807) is 24.5 Å². The maximum atomic E-state index is 14.1. The maximum Gasteiger partial charge on any atom is 0.255 e. The van der Waals surface area contributed by atoms with Gasteiger partial charge in [-0.25, -0.2) is 23.7 Å². The van der Waals surface area contributed by atoms with E-state index in [-0.39, 0.29) is 29.5 Å². The molecule has 2 aromatic heterocycles. The minimum absolute atomic E-state index is 0.00509. The lowest BCUT2D eigenvalue weighted by atomic mass is 9.90. The smallest absolute Gasteiger partial charge is 0.255 e. The average molecular weight is 436 g/mol. The molecule has 1 amide bonds. The van der Waals surface area contributed by atoms with Crippen LogP contribution in [0.3, 0.4) is 0 Å². The average Bonchev–Trinajstić information content (AvgIpc) is 3.13. The van der Waals surface area contributed by atoms with E-state index in [1.807, 2.05) is 4.90 Å². The second-order valence-corrected chi connectivity index (χ2v) is 8.24. The molecule has 0 N–H and O–H groups in total. The van der Waals surface area contributed by atoms with Gasteiger partial charge in [-0.05, 0) is 56.0 Å². The summed E-state index contributed by atoms with van der Waals surface area (Å²) in [6.45, 7) is 0.387. The van der Waals surface area contributed by atoms with Crippen LogP contribution in [-0.4, -0.2) is 44.4 Å². The van der Waals surface area contributed by atoms with Gasteiger partial charge in [0.1, 0.15) is 11.6 Å². The predicted molar refractivity (Wildman–Crippen MR) is 113 cm³/mol. The minimum atomic E-state index is -0.473. The monoisotopic (exact) mass is 436 g/mol. The third-order valence-corrected chi connectivity index (χ3v) is 6.36. The lowest BCUT2D eigenvalue weighted by Crippen LogP contribution is -2.49. The Morgan fingerprint density at radius 3 is 2.56 bits per heavy atom. The molecule has 32 heavy (non-hydrogen) atoms. The normalized spacial score (nSPS) is 22.1. The molecule has 5 rings (SSSR count). The molecule has 2 saturated heterocycles. The van der Waals surface area contributed by atoms with Gasteiger partial charge in [0.05, 0.1) is 18.4 Å². The number of fused-ring (bicyclic) bond motifs is 2. The first-order valence-corrected chi connectivity index (χ1v) is 10.7. The Hall–Kier alpha value is -3.42. The van der Waals surface area contributed by atoms with Crippen LogP contribution >= 0.6 is 0 Å². The quantitative estimate of drug-likeness (QED) is 0.597. The van der Waals surface area contributed by atoms with E-state index in [4.69, 9.17) is 4.74 Å². The first-order valence-electron chi connectivity index (χ1n) is 10.7. The standard InChI is InChI=1S/C24H22F2N4O2/c25-16-3-7-19(23-27-10-1-11-28-23)20(12-16)24(31)30-18-5-2-15(21(30)8-6-18)14-32-22-9-4-17(26)13-29-22/h1,3-4,7,9-13,15,18,21H,2,5-6,8,14H2/t15-,18?,21?/m1/s1. The zero-order valence-electron chi connectivity index (χ0n) is 17.3. The fraction of sp³-hybridized carbons (Fsp3) is 0.333. The molecule has 2 aliphatic rings. The van der Waals surface area contributed by atoms with Crippen LogP contribution in [0.2, 0.25) is 0 Å². The molecule has 4 heterocycles. The molecule has 1 aromatic carbocycles. The maximum absolute atomic E-state index is 14.1. The highest BCUT2D eigenvalue weighted by atomic mass is 19.1. The predicted octanol–water partition coefficient (Wildman–Crippen LogP) is 4.28. The second kappa shape index (κ2) is 8.61. The summed E-state index contributed by atoms with van der Waals surface area (Å²) in [5, 5.41) is 0. The summed E-state index contributed by atoms with van der Waals surface area (Å²) in [7, 11) is 0. The molecule has 0 saturated carbocycles. The molecular formula is C24H22F2N4O2. The van der Waals surface area contributed by atoms with Crippen molar-refractivity contribution in [2.45, 2.75) is 37.8 Å². The van der Waals surface area contributed by atoms with E-state index in [0.29, 0.717) is 23.9 Å². The Morgan fingerprint density at radius 1 is 1.00 bits per heavy atom. The number of benzene rings is 1. The summed E-state index contributed by atoms with van der Waals surface area (Å²) < 4.78 is 33.0. The Kier molecular flexibility index (Phi) is 5.51. The third-order valence-electron chi connectivity index (χ3n) is 6.36. The Morgan fingerprint density at radius 2 is 1.78 bits per heavy atom. The van der Waals surface area contributed by atoms with E-state index >= 15 is 0 Å². The first kappa shape index (κ1) is 20.5. The lowest BCUT2D eigenvalue weighted by Gasteiger charge is -2.40. The van der Waals surface area contributed by atoms with Crippen LogP contribution in [0.1, 0.15) is 36.0 Å². The molecular weight excluding hydrogens is 414 g/mol. The molecule has 6 nitrogen and oxygen atoms in total. The number of rotatable bonds is 5. The van der Waals surface area contributed by atoms with Crippen molar-refractivity contribution in [3.63, 3.8) is 0 Å². The first-order chi connectivity index (χ1) is 15.6. The molecule has 0 aliphatic carbocycles. The molecule has 2 bridgehead atoms. The molecule has 3 atom stereocenters. The molecule has 0 spiro atoms. The molecule has 2 unspecified atom stereocenters. The van der Waals surface area contributed by atoms with Crippen molar-refractivity contribution in [3.8, 4) is 17.3 Å². The number of hydrogen-bond acceptors (Lipinski definition) is 5. The lowest BCUT2D eigenvalue weighted by molar-refractivity contribution is 0.0403. The summed E-state index contributed by atoms with van der Waals surface area (Å²) >= 11 is 0. The highest BCUT2D eigenvalue weighted by molar-refractivity contribution is 6.00. The number of carbonyl (C=O) groups is 1. The van der Waals surface area contributed by atoms with Crippen molar-refractivity contribution in [2.75, 3.05) is 6.61 Å². The number of aromatic nitrogens is 3. The number of nitrogens with zero attached hydrogens (tertiary/aromatic N) is 4. The van der Waals surface area contributed by atoms with Gasteiger partial charge in [0, 0.05) is 42.0 Å². The van der Waals surface area contributed by atoms with Crippen LogP contribution in [0.15, 0.2) is 55.0 Å². The minimum Gasteiger partial charge on any atom is -0.477 e. The molecule has 3 aromatic rings. The third kappa shape index (κ3) is 3.92. The van der Waals surface area contributed by atoms with E-state index in [1.165, 1.54) is 24.3 Å². The highest BCUT2D eigenvalue weighted by Crippen LogP contribution is 2.41. The SMILES string of the molecule is O=C(c1cc(F)ccc1-c1ncccn1)N1C2CCC1[C@@H](COc1ccc(F)cn1)CC2. The van der Waals surface area contributed by atoms with Crippen molar-refractivity contribution in [2.24, 2.45) is 5.92 Å². The fourth-order valence-electron chi connectivity index (χ4n) is 4.87. The van der Waals surface area contributed by atoms with E-state index in [0.717, 1.165) is 31.9 Å². The number of piperidine rings is 1. The zero-order valence-corrected chi connectivity index (χ0v) is 17.3. The van der Waals surface area contributed by atoms with Gasteiger partial charge in [-0.3, -0.25) is 4.79 Å². The van der Waals surface area contributed by atoms with Gasteiger partial charge in [0.25, 0.3) is 5.91 Å². The van der Waals surface area contributed by atoms with Crippen LogP contribution in [0, 0.1) is 17.6 Å². The Bertz CT molecular complexity index is 1110. The van der Waals surface area contributed by atoms with E-state index in [9.17, 15) is 13.6 Å². The van der Waals surface area contributed by atoms with Crippen molar-refractivity contribution < 1.29 is 18.3 Å². The number of ether oxygens (including phenoxy) is 1. The van der Waals surface area contributed by atoms with E-state index < -0.39 is 11.6 Å². The van der Waals surface area contributed by atoms with Gasteiger partial charge >= 0.3 is 0 Å². The summed E-state index contributed by atoms with van der Waals surface area (Å²) in [5.41, 5.74) is 0.792. The van der Waals surface area contributed by atoms with Gasteiger partial charge in [-0.1, -0.05) is 0 Å². The van der Waals surface area contributed by atoms with Gasteiger partial charge in [0.15, 0.2) is 5.82 Å². The Labute approximate surface area is 184 Å². The van der Waals surface area contributed by atoms with Crippen LogP contribution in [-0.2, 0) is 0 Å². The van der Waals surface area contributed by atoms with Crippen molar-refractivity contribution in [1.29, 1.82) is 0 Å². The van der Waals surface area contributed by atoms with Gasteiger partial charge < -0.3 is 9.64 Å². The van der Waals surface area contributed by atoms with Gasteiger partial charge in [-0.15, -0.1) is 0 Å². The topological polar surface area (TPSA) is 68.2 Å². The van der Waals surface area contributed by atoms with Crippen molar-refractivity contribution in [1.82, 2.24) is 19.9 Å². The molecule has 164 valence electrons. The van der Waals surface area contributed by atoms with Gasteiger partial charge in [0.2, 0.25) is 5.88 Å². The highest BCUT2D eigenvalue weighted by Gasteiger charge is 2.45. The van der Waals surface area contributed by atoms with Gasteiger partial charge in [-0.2, -0.15) is 0 Å². The summed E-state index contributed by atoms with van der Waals surface area (Å²) in [5.74, 6) is -0.225. The van der Waals surface area contributed by atoms with Crippen LogP contribution in [0.4, 0.5) is 8.78 Å². The Balaban J connectivity index is 1.39. The van der Waals surface area contributed by atoms with Crippen molar-refractivity contribution in [3.05, 3.63) is 72.2 Å². The van der Waals surface area contributed by atoms with Crippen molar-refractivity contribution >= 4 is 5.91 Å². The zero-order chi connectivity index (χ0) is 22.1.